The van der Waals surface area contributed by atoms with Crippen molar-refractivity contribution >= 4 is 51.9 Å². The van der Waals surface area contributed by atoms with Gasteiger partial charge in [-0.1, -0.05) is 67.3 Å². The summed E-state index contributed by atoms with van der Waals surface area (Å²) in [7, 11) is 0. The Morgan fingerprint density at radius 3 is 2.56 bits per heavy atom. The summed E-state index contributed by atoms with van der Waals surface area (Å²) in [6, 6.07) is 20.0. The number of halogens is 1. The molecular formula is C25H18FNO3S2. The van der Waals surface area contributed by atoms with E-state index in [4.69, 9.17) is 17.0 Å². The van der Waals surface area contributed by atoms with Crippen LogP contribution in [0, 0.1) is 5.82 Å². The van der Waals surface area contributed by atoms with E-state index >= 15 is 0 Å². The summed E-state index contributed by atoms with van der Waals surface area (Å²) in [5.41, 5.74) is 2.41. The molecule has 1 aliphatic heterocycles. The van der Waals surface area contributed by atoms with Gasteiger partial charge >= 0.3 is 5.97 Å². The number of thiocarbonyl (C=S) groups is 1. The lowest BCUT2D eigenvalue weighted by Crippen LogP contribution is -2.27. The molecule has 3 aromatic carbocycles. The first kappa shape index (κ1) is 21.9. The molecule has 0 aliphatic carbocycles. The number of rotatable bonds is 5. The van der Waals surface area contributed by atoms with Gasteiger partial charge in [-0.15, -0.1) is 0 Å². The molecule has 0 bridgehead atoms. The van der Waals surface area contributed by atoms with Crippen molar-refractivity contribution in [1.82, 2.24) is 0 Å². The van der Waals surface area contributed by atoms with E-state index in [0.717, 1.165) is 12.1 Å². The minimum atomic E-state index is -0.790. The SMILES string of the molecule is CCc1ccc(N2C(=O)/C(=C/c3cccc(OC(=O)c4ccccc4F)c3)SC2=S)cc1. The third-order valence-electron chi connectivity index (χ3n) is 4.86. The van der Waals surface area contributed by atoms with Gasteiger partial charge in [0.25, 0.3) is 5.91 Å². The van der Waals surface area contributed by atoms with Crippen LogP contribution in [0.4, 0.5) is 10.1 Å². The zero-order chi connectivity index (χ0) is 22.7. The van der Waals surface area contributed by atoms with Crippen LogP contribution in [0.5, 0.6) is 5.75 Å². The minimum absolute atomic E-state index is 0.145. The van der Waals surface area contributed by atoms with Gasteiger partial charge in [0.15, 0.2) is 4.32 Å². The number of benzene rings is 3. The molecule has 160 valence electrons. The molecule has 1 amide bonds. The fourth-order valence-electron chi connectivity index (χ4n) is 3.18. The van der Waals surface area contributed by atoms with Crippen LogP contribution in [0.25, 0.3) is 6.08 Å². The van der Waals surface area contributed by atoms with Crippen molar-refractivity contribution in [1.29, 1.82) is 0 Å². The Labute approximate surface area is 194 Å². The van der Waals surface area contributed by atoms with E-state index in [1.807, 2.05) is 24.3 Å². The maximum Gasteiger partial charge on any atom is 0.346 e. The maximum atomic E-state index is 13.8. The first-order valence-corrected chi connectivity index (χ1v) is 11.1. The maximum absolute atomic E-state index is 13.8. The van der Waals surface area contributed by atoms with Crippen LogP contribution in [0.3, 0.4) is 0 Å². The predicted octanol–water partition coefficient (Wildman–Crippen LogP) is 6.01. The molecule has 1 saturated heterocycles. The topological polar surface area (TPSA) is 46.6 Å². The number of amides is 1. The summed E-state index contributed by atoms with van der Waals surface area (Å²) in [6.45, 7) is 2.07. The van der Waals surface area contributed by atoms with Gasteiger partial charge in [-0.3, -0.25) is 9.69 Å². The lowest BCUT2D eigenvalue weighted by Gasteiger charge is -2.14. The highest BCUT2D eigenvalue weighted by atomic mass is 32.2. The standard InChI is InChI=1S/C25H18FNO3S2/c1-2-16-10-12-18(13-11-16)27-23(28)22(32-25(27)31)15-17-6-5-7-19(14-17)30-24(29)20-8-3-4-9-21(20)26/h3-15H,2H2,1H3/b22-15-. The molecule has 7 heteroatoms. The first-order chi connectivity index (χ1) is 15.5. The van der Waals surface area contributed by atoms with Crippen molar-refractivity contribution < 1.29 is 18.7 Å². The van der Waals surface area contributed by atoms with Crippen molar-refractivity contribution in [2.24, 2.45) is 0 Å². The molecule has 4 rings (SSSR count). The normalized spacial score (nSPS) is 14.8. The number of nitrogens with zero attached hydrogens (tertiary/aromatic N) is 1. The molecule has 1 aliphatic rings. The second-order valence-electron chi connectivity index (χ2n) is 6.98. The third kappa shape index (κ3) is 4.64. The molecule has 1 fully saturated rings. The average molecular weight is 464 g/mol. The van der Waals surface area contributed by atoms with Gasteiger partial charge in [0.1, 0.15) is 11.6 Å². The highest BCUT2D eigenvalue weighted by Crippen LogP contribution is 2.36. The van der Waals surface area contributed by atoms with Gasteiger partial charge < -0.3 is 4.74 Å². The van der Waals surface area contributed by atoms with E-state index in [1.54, 1.807) is 36.4 Å². The van der Waals surface area contributed by atoms with Crippen LogP contribution in [0.15, 0.2) is 77.7 Å². The minimum Gasteiger partial charge on any atom is -0.423 e. The van der Waals surface area contributed by atoms with Crippen molar-refractivity contribution in [3.63, 3.8) is 0 Å². The average Bonchev–Trinajstić information content (AvgIpc) is 3.07. The Bertz CT molecular complexity index is 1240. The molecule has 4 nitrogen and oxygen atoms in total. The van der Waals surface area contributed by atoms with Crippen molar-refractivity contribution in [3.05, 3.63) is 100 Å². The summed E-state index contributed by atoms with van der Waals surface area (Å²) in [6.07, 6.45) is 2.61. The Kier molecular flexibility index (Phi) is 6.48. The molecule has 0 radical (unpaired) electrons. The summed E-state index contributed by atoms with van der Waals surface area (Å²) in [4.78, 5) is 27.2. The number of aryl methyl sites for hydroxylation is 1. The van der Waals surface area contributed by atoms with Gasteiger partial charge in [0.2, 0.25) is 0 Å². The van der Waals surface area contributed by atoms with Crippen molar-refractivity contribution in [2.75, 3.05) is 4.90 Å². The number of anilines is 1. The van der Waals surface area contributed by atoms with Gasteiger partial charge in [-0.2, -0.15) is 0 Å². The van der Waals surface area contributed by atoms with Crippen LogP contribution in [0.2, 0.25) is 0 Å². The molecule has 0 spiro atoms. The largest absolute Gasteiger partial charge is 0.423 e. The number of carbonyl (C=O) groups excluding carboxylic acids is 2. The number of hydrogen-bond acceptors (Lipinski definition) is 5. The van der Waals surface area contributed by atoms with E-state index in [-0.39, 0.29) is 17.2 Å². The Balaban J connectivity index is 1.54. The Morgan fingerprint density at radius 2 is 1.84 bits per heavy atom. The molecule has 0 N–H and O–H groups in total. The number of esters is 1. The number of carbonyl (C=O) groups is 2. The fourth-order valence-corrected chi connectivity index (χ4v) is 4.48. The smallest absolute Gasteiger partial charge is 0.346 e. The number of ether oxygens (including phenoxy) is 1. The summed E-state index contributed by atoms with van der Waals surface area (Å²) in [5, 5.41) is 0. The molecular weight excluding hydrogens is 445 g/mol. The Hall–Kier alpha value is -3.29. The van der Waals surface area contributed by atoms with Crippen LogP contribution in [0.1, 0.15) is 28.4 Å². The number of hydrogen-bond donors (Lipinski definition) is 0. The highest BCUT2D eigenvalue weighted by Gasteiger charge is 2.33. The lowest BCUT2D eigenvalue weighted by atomic mass is 10.1. The van der Waals surface area contributed by atoms with Gasteiger partial charge in [-0.25, -0.2) is 9.18 Å². The summed E-state index contributed by atoms with van der Waals surface area (Å²) in [5.74, 6) is -1.40. The van der Waals surface area contributed by atoms with E-state index in [0.29, 0.717) is 14.8 Å². The highest BCUT2D eigenvalue weighted by molar-refractivity contribution is 8.27. The molecule has 0 aromatic heterocycles. The van der Waals surface area contributed by atoms with Crippen LogP contribution >= 0.6 is 24.0 Å². The van der Waals surface area contributed by atoms with E-state index < -0.39 is 11.8 Å². The molecule has 0 atom stereocenters. The molecule has 32 heavy (non-hydrogen) atoms. The molecule has 0 saturated carbocycles. The van der Waals surface area contributed by atoms with Gasteiger partial charge in [0, 0.05) is 0 Å². The van der Waals surface area contributed by atoms with Gasteiger partial charge in [-0.05, 0) is 60.0 Å². The van der Waals surface area contributed by atoms with E-state index in [9.17, 15) is 14.0 Å². The first-order valence-electron chi connectivity index (χ1n) is 9.90. The zero-order valence-electron chi connectivity index (χ0n) is 17.1. The molecule has 3 aromatic rings. The third-order valence-corrected chi connectivity index (χ3v) is 6.16. The summed E-state index contributed by atoms with van der Waals surface area (Å²) < 4.78 is 19.6. The molecule has 0 unspecified atom stereocenters. The fraction of sp³-hybridized carbons (Fsp3) is 0.0800. The lowest BCUT2D eigenvalue weighted by molar-refractivity contribution is -0.113. The zero-order valence-corrected chi connectivity index (χ0v) is 18.7. The second kappa shape index (κ2) is 9.46. The van der Waals surface area contributed by atoms with Crippen molar-refractivity contribution in [2.45, 2.75) is 13.3 Å². The summed E-state index contributed by atoms with van der Waals surface area (Å²) >= 11 is 6.64. The van der Waals surface area contributed by atoms with Gasteiger partial charge in [0.05, 0.1) is 16.2 Å². The second-order valence-corrected chi connectivity index (χ2v) is 8.65. The molecule has 1 heterocycles. The van der Waals surface area contributed by atoms with Crippen molar-refractivity contribution in [3.8, 4) is 5.75 Å². The number of thioether (sulfide) groups is 1. The van der Waals surface area contributed by atoms with Crippen LogP contribution in [-0.4, -0.2) is 16.2 Å². The van der Waals surface area contributed by atoms with Crippen LogP contribution in [-0.2, 0) is 11.2 Å². The van der Waals surface area contributed by atoms with Crippen LogP contribution < -0.4 is 9.64 Å². The predicted molar refractivity (Wildman–Crippen MR) is 129 cm³/mol. The monoisotopic (exact) mass is 463 g/mol. The Morgan fingerprint density at radius 1 is 1.09 bits per heavy atom. The quantitative estimate of drug-likeness (QED) is 0.201. The van der Waals surface area contributed by atoms with E-state index in [2.05, 4.69) is 6.92 Å². The van der Waals surface area contributed by atoms with E-state index in [1.165, 1.54) is 40.4 Å².